The molecule has 0 radical (unpaired) electrons. The summed E-state index contributed by atoms with van der Waals surface area (Å²) in [5, 5.41) is 28.4. The number of primary amides is 1. The van der Waals surface area contributed by atoms with Crippen LogP contribution in [0.25, 0.3) is 0 Å². The standard InChI is InChI=1S/C34H52FN5O7/c1-20-16-24-30(38-14-15-40(5)6)26(41)19-25(31(24)42)39-33(43)21(2)10-9-11-27(45-7)32(47-34(36)44)23(4)18-22(3)29(37-13-12-35)28(17-20)46-8/h9-11,14,18-20,22,27-29,32,37,41-42H,12-13,15-17H2,1-8H3,(H2,36,44)(H,39,43)/b11-9-,21-10+,23-18+,38-14?/t20-,22+,27+,28+,29-,32+/m1/s1. The van der Waals surface area contributed by atoms with Gasteiger partial charge in [-0.2, -0.15) is 0 Å². The maximum Gasteiger partial charge on any atom is 0.405 e. The minimum atomic E-state index is -0.985. The van der Waals surface area contributed by atoms with Crippen molar-refractivity contribution in [2.75, 3.05) is 53.4 Å². The van der Waals surface area contributed by atoms with Gasteiger partial charge >= 0.3 is 6.09 Å². The summed E-state index contributed by atoms with van der Waals surface area (Å²) in [5.41, 5.74) is 6.95. The number of carbonyl (C=O) groups is 2. The number of nitrogens with zero attached hydrogens (tertiary/aromatic N) is 2. The van der Waals surface area contributed by atoms with Crippen LogP contribution >= 0.6 is 0 Å². The maximum absolute atomic E-state index is 13.4. The van der Waals surface area contributed by atoms with Crippen molar-refractivity contribution in [2.45, 2.75) is 64.9 Å². The van der Waals surface area contributed by atoms with E-state index < -0.39 is 37.0 Å². The third-order valence-electron chi connectivity index (χ3n) is 7.99. The summed E-state index contributed by atoms with van der Waals surface area (Å²) in [7, 11) is 6.80. The third kappa shape index (κ3) is 11.8. The van der Waals surface area contributed by atoms with Gasteiger partial charge in [0, 0.05) is 56.8 Å². The van der Waals surface area contributed by atoms with Gasteiger partial charge in [-0.05, 0) is 58.2 Å². The Labute approximate surface area is 277 Å². The van der Waals surface area contributed by atoms with E-state index in [-0.39, 0.29) is 59.3 Å². The molecule has 1 aromatic carbocycles. The lowest BCUT2D eigenvalue weighted by Crippen LogP contribution is -2.47. The minimum Gasteiger partial charge on any atom is -0.506 e. The lowest BCUT2D eigenvalue weighted by molar-refractivity contribution is -0.112. The largest absolute Gasteiger partial charge is 0.506 e. The number of rotatable bonds is 9. The van der Waals surface area contributed by atoms with Gasteiger partial charge in [0.2, 0.25) is 0 Å². The molecule has 262 valence electrons. The number of anilines is 1. The number of alkyl halides is 1. The average Bonchev–Trinajstić information content (AvgIpc) is 3.00. The zero-order valence-corrected chi connectivity index (χ0v) is 28.7. The number of phenolic OH excluding ortho intramolecular Hbond substituents is 2. The highest BCUT2D eigenvalue weighted by Crippen LogP contribution is 2.44. The molecule has 0 saturated heterocycles. The van der Waals surface area contributed by atoms with E-state index in [1.165, 1.54) is 13.2 Å². The van der Waals surface area contributed by atoms with E-state index in [9.17, 15) is 24.2 Å². The molecule has 0 unspecified atom stereocenters. The number of methoxy groups -OCH3 is 2. The first kappa shape index (κ1) is 39.4. The monoisotopic (exact) mass is 661 g/mol. The van der Waals surface area contributed by atoms with E-state index >= 15 is 0 Å². The molecular formula is C34H52FN5O7. The second kappa shape index (κ2) is 19.1. The average molecular weight is 662 g/mol. The predicted molar refractivity (Wildman–Crippen MR) is 182 cm³/mol. The highest BCUT2D eigenvalue weighted by molar-refractivity contribution is 6.04. The number of aliphatic imine (C=N–C) groups is 1. The number of nitrogens with two attached hydrogens (primary N) is 1. The van der Waals surface area contributed by atoms with Gasteiger partial charge < -0.3 is 45.7 Å². The summed E-state index contributed by atoms with van der Waals surface area (Å²) in [5.74, 6) is -1.30. The molecule has 0 aliphatic carbocycles. The van der Waals surface area contributed by atoms with Crippen LogP contribution in [-0.2, 0) is 25.4 Å². The van der Waals surface area contributed by atoms with E-state index in [2.05, 4.69) is 15.6 Å². The van der Waals surface area contributed by atoms with Crippen LogP contribution in [0.2, 0.25) is 0 Å². The maximum atomic E-state index is 13.4. The van der Waals surface area contributed by atoms with Crippen molar-refractivity contribution >= 4 is 29.6 Å². The van der Waals surface area contributed by atoms with E-state index in [0.29, 0.717) is 24.1 Å². The highest BCUT2D eigenvalue weighted by atomic mass is 19.1. The number of ether oxygens (including phenoxy) is 3. The van der Waals surface area contributed by atoms with Crippen molar-refractivity contribution in [1.82, 2.24) is 10.2 Å². The number of amides is 2. The Balaban J connectivity index is 2.76. The number of hydrogen-bond donors (Lipinski definition) is 5. The molecule has 6 atom stereocenters. The van der Waals surface area contributed by atoms with Gasteiger partial charge in [0.1, 0.15) is 30.0 Å². The smallest absolute Gasteiger partial charge is 0.405 e. The summed E-state index contributed by atoms with van der Waals surface area (Å²) in [6.07, 6.45) is 5.99. The predicted octanol–water partition coefficient (Wildman–Crippen LogP) is 4.39. The first-order valence-electron chi connectivity index (χ1n) is 15.6. The van der Waals surface area contributed by atoms with E-state index in [4.69, 9.17) is 19.9 Å². The summed E-state index contributed by atoms with van der Waals surface area (Å²) in [6, 6.07) is 0.907. The lowest BCUT2D eigenvalue weighted by Gasteiger charge is -2.33. The molecule has 1 aliphatic heterocycles. The first-order valence-corrected chi connectivity index (χ1v) is 15.6. The zero-order chi connectivity index (χ0) is 35.3. The molecule has 2 rings (SSSR count). The molecule has 2 bridgehead atoms. The van der Waals surface area contributed by atoms with Gasteiger partial charge in [-0.3, -0.25) is 9.79 Å². The Morgan fingerprint density at radius 2 is 1.94 bits per heavy atom. The minimum absolute atomic E-state index is 0.0276. The fourth-order valence-electron chi connectivity index (χ4n) is 5.59. The van der Waals surface area contributed by atoms with Crippen LogP contribution in [0.5, 0.6) is 11.5 Å². The molecular weight excluding hydrogens is 609 g/mol. The molecule has 0 spiro atoms. The van der Waals surface area contributed by atoms with Gasteiger partial charge in [-0.1, -0.05) is 38.2 Å². The molecule has 2 amide bonds. The van der Waals surface area contributed by atoms with Crippen LogP contribution in [0, 0.1) is 11.8 Å². The van der Waals surface area contributed by atoms with Gasteiger partial charge in [0.15, 0.2) is 6.10 Å². The normalized spacial score (nSPS) is 27.9. The van der Waals surface area contributed by atoms with Gasteiger partial charge in [-0.15, -0.1) is 0 Å². The number of nitrogens with one attached hydrogen (secondary N) is 2. The first-order chi connectivity index (χ1) is 22.2. The number of halogens is 1. The molecule has 0 fully saturated rings. The number of phenols is 2. The molecule has 47 heavy (non-hydrogen) atoms. The fourth-order valence-corrected chi connectivity index (χ4v) is 5.59. The lowest BCUT2D eigenvalue weighted by atomic mass is 9.86. The highest BCUT2D eigenvalue weighted by Gasteiger charge is 2.31. The number of hydrogen-bond acceptors (Lipinski definition) is 10. The van der Waals surface area contributed by atoms with Gasteiger partial charge in [-0.25, -0.2) is 9.18 Å². The molecule has 1 aliphatic rings. The number of allylic oxidation sites excluding steroid dienone is 2. The summed E-state index contributed by atoms with van der Waals surface area (Å²) in [4.78, 5) is 31.4. The molecule has 1 heterocycles. The Kier molecular flexibility index (Phi) is 16.0. The van der Waals surface area contributed by atoms with Crippen molar-refractivity contribution in [3.63, 3.8) is 0 Å². The Bertz CT molecular complexity index is 1330. The molecule has 13 heteroatoms. The van der Waals surface area contributed by atoms with E-state index in [1.807, 2.05) is 38.9 Å². The fraction of sp³-hybridized carbons (Fsp3) is 0.559. The number of aromatic hydroxyl groups is 2. The molecule has 0 saturated carbocycles. The van der Waals surface area contributed by atoms with Crippen LogP contribution in [0.3, 0.4) is 0 Å². The molecule has 1 aromatic rings. The topological polar surface area (TPSA) is 168 Å². The van der Waals surface area contributed by atoms with Gasteiger partial charge in [0.05, 0.1) is 11.8 Å². The van der Waals surface area contributed by atoms with E-state index in [0.717, 1.165) is 0 Å². The summed E-state index contributed by atoms with van der Waals surface area (Å²) in [6.45, 7) is 7.30. The molecule has 12 nitrogen and oxygen atoms in total. The third-order valence-corrected chi connectivity index (χ3v) is 7.99. The quantitative estimate of drug-likeness (QED) is 0.112. The van der Waals surface area contributed by atoms with Crippen LogP contribution in [0.1, 0.15) is 39.7 Å². The van der Waals surface area contributed by atoms with Crippen LogP contribution in [0.4, 0.5) is 20.6 Å². The summed E-state index contributed by atoms with van der Waals surface area (Å²) < 4.78 is 30.5. The van der Waals surface area contributed by atoms with Crippen molar-refractivity contribution in [1.29, 1.82) is 0 Å². The van der Waals surface area contributed by atoms with Gasteiger partial charge in [0.25, 0.3) is 5.91 Å². The van der Waals surface area contributed by atoms with Crippen molar-refractivity contribution < 1.29 is 38.4 Å². The van der Waals surface area contributed by atoms with Crippen LogP contribution in [0.15, 0.2) is 46.5 Å². The number of carbonyl (C=O) groups excluding carboxylic acids is 2. The SMILES string of the molecule is CO[C@H]1/C=C\C=C(/C)C(=O)Nc2cc(O)c(N=CCN(C)C)c(c2O)C[C@@H](C)C[C@H](OC)[C@H](NCCF)[C@@H](C)/C=C(\C)[C@@H]1OC(N)=O. The van der Waals surface area contributed by atoms with Crippen LogP contribution in [-0.4, -0.2) is 106 Å². The Morgan fingerprint density at radius 3 is 2.53 bits per heavy atom. The van der Waals surface area contributed by atoms with Crippen molar-refractivity contribution in [2.24, 2.45) is 22.6 Å². The Hall–Kier alpha value is -3.78. The zero-order valence-electron chi connectivity index (χ0n) is 28.7. The van der Waals surface area contributed by atoms with Crippen LogP contribution < -0.4 is 16.4 Å². The summed E-state index contributed by atoms with van der Waals surface area (Å²) >= 11 is 0. The number of benzene rings is 1. The molecule has 6 N–H and O–H groups in total. The Morgan fingerprint density at radius 1 is 1.23 bits per heavy atom. The second-order valence-electron chi connectivity index (χ2n) is 12.2. The van der Waals surface area contributed by atoms with Crippen molar-refractivity contribution in [3.05, 3.63) is 47.1 Å². The second-order valence-corrected chi connectivity index (χ2v) is 12.2. The van der Waals surface area contributed by atoms with Crippen molar-refractivity contribution in [3.8, 4) is 11.5 Å². The number of fused-ring (bicyclic) bond motifs is 2. The molecule has 0 aromatic heterocycles. The van der Waals surface area contributed by atoms with E-state index in [1.54, 1.807) is 45.4 Å².